The Hall–Kier alpha value is -1.50. The summed E-state index contributed by atoms with van der Waals surface area (Å²) in [6, 6.07) is 14.7. The number of benzene rings is 1. The minimum Gasteiger partial charge on any atom is -0.356 e. The van der Waals surface area contributed by atoms with Gasteiger partial charge in [0.25, 0.3) is 0 Å². The molecule has 1 heterocycles. The van der Waals surface area contributed by atoms with E-state index in [1.54, 1.807) is 0 Å². The average molecular weight is 426 g/mol. The zero-order valence-corrected chi connectivity index (χ0v) is 16.2. The van der Waals surface area contributed by atoms with E-state index in [1.165, 1.54) is 5.56 Å². The summed E-state index contributed by atoms with van der Waals surface area (Å²) in [5.41, 5.74) is 1.39. The maximum absolute atomic E-state index is 4.26. The molecule has 0 bridgehead atoms. The van der Waals surface area contributed by atoms with Crippen molar-refractivity contribution in [2.75, 3.05) is 20.1 Å². The Morgan fingerprint density at radius 2 is 1.70 bits per heavy atom. The second-order valence-corrected chi connectivity index (χ2v) is 5.45. The Balaban J connectivity index is 0.00000264. The fourth-order valence-corrected chi connectivity index (χ4v) is 2.40. The number of nitrogens with zero attached hydrogens (tertiary/aromatic N) is 2. The summed E-state index contributed by atoms with van der Waals surface area (Å²) < 4.78 is 2.15. The van der Waals surface area contributed by atoms with Crippen LogP contribution in [0.2, 0.25) is 0 Å². The Bertz CT molecular complexity index is 552. The highest BCUT2D eigenvalue weighted by molar-refractivity contribution is 14.0. The number of hydrogen-bond acceptors (Lipinski definition) is 1. The molecule has 5 heteroatoms. The number of aromatic nitrogens is 1. The van der Waals surface area contributed by atoms with Gasteiger partial charge in [0.05, 0.1) is 0 Å². The number of hydrogen-bond donors (Lipinski definition) is 2. The van der Waals surface area contributed by atoms with Gasteiger partial charge in [-0.25, -0.2) is 0 Å². The molecule has 1 atom stereocenters. The highest BCUT2D eigenvalue weighted by Gasteiger charge is 2.05. The van der Waals surface area contributed by atoms with Crippen molar-refractivity contribution in [3.05, 3.63) is 60.4 Å². The monoisotopic (exact) mass is 426 g/mol. The Morgan fingerprint density at radius 3 is 2.35 bits per heavy atom. The van der Waals surface area contributed by atoms with Crippen molar-refractivity contribution < 1.29 is 0 Å². The van der Waals surface area contributed by atoms with E-state index in [1.807, 2.05) is 19.2 Å². The van der Waals surface area contributed by atoms with Gasteiger partial charge < -0.3 is 15.2 Å². The van der Waals surface area contributed by atoms with Crippen LogP contribution < -0.4 is 10.6 Å². The van der Waals surface area contributed by atoms with Gasteiger partial charge in [-0.1, -0.05) is 37.3 Å². The highest BCUT2D eigenvalue weighted by atomic mass is 127. The lowest BCUT2D eigenvalue weighted by molar-refractivity contribution is 0.636. The summed E-state index contributed by atoms with van der Waals surface area (Å²) in [6.07, 6.45) is 5.22. The van der Waals surface area contributed by atoms with E-state index in [9.17, 15) is 0 Å². The van der Waals surface area contributed by atoms with Crippen molar-refractivity contribution in [1.29, 1.82) is 0 Å². The highest BCUT2D eigenvalue weighted by Crippen LogP contribution is 2.17. The second-order valence-electron chi connectivity index (χ2n) is 5.45. The van der Waals surface area contributed by atoms with Gasteiger partial charge in [-0.05, 0) is 30.0 Å². The normalized spacial score (nSPS) is 12.3. The first-order valence-corrected chi connectivity index (χ1v) is 7.90. The molecular formula is C18H27IN4. The molecule has 2 aromatic rings. The maximum Gasteiger partial charge on any atom is 0.191 e. The Morgan fingerprint density at radius 1 is 1.04 bits per heavy atom. The van der Waals surface area contributed by atoms with Crippen LogP contribution in [0.15, 0.2) is 59.9 Å². The van der Waals surface area contributed by atoms with E-state index >= 15 is 0 Å². The third kappa shape index (κ3) is 7.07. The van der Waals surface area contributed by atoms with Gasteiger partial charge >= 0.3 is 0 Å². The van der Waals surface area contributed by atoms with Gasteiger partial charge in [-0.15, -0.1) is 24.0 Å². The third-order valence-electron chi connectivity index (χ3n) is 3.79. The van der Waals surface area contributed by atoms with Crippen LogP contribution in [0.3, 0.4) is 0 Å². The van der Waals surface area contributed by atoms with Crippen molar-refractivity contribution in [2.24, 2.45) is 4.99 Å². The molecule has 4 nitrogen and oxygen atoms in total. The lowest BCUT2D eigenvalue weighted by Crippen LogP contribution is -2.39. The molecule has 0 spiro atoms. The minimum absolute atomic E-state index is 0. The lowest BCUT2D eigenvalue weighted by atomic mass is 9.98. The van der Waals surface area contributed by atoms with Crippen LogP contribution in [0.5, 0.6) is 0 Å². The molecule has 0 saturated heterocycles. The molecule has 0 aliphatic rings. The summed E-state index contributed by atoms with van der Waals surface area (Å²) in [7, 11) is 1.81. The van der Waals surface area contributed by atoms with Crippen LogP contribution in [0.1, 0.15) is 24.8 Å². The predicted molar refractivity (Wildman–Crippen MR) is 109 cm³/mol. The molecule has 0 radical (unpaired) electrons. The van der Waals surface area contributed by atoms with Gasteiger partial charge in [0.2, 0.25) is 0 Å². The first kappa shape index (κ1) is 19.5. The first-order valence-electron chi connectivity index (χ1n) is 7.90. The van der Waals surface area contributed by atoms with Crippen LogP contribution >= 0.6 is 24.0 Å². The van der Waals surface area contributed by atoms with E-state index in [-0.39, 0.29) is 24.0 Å². The van der Waals surface area contributed by atoms with Crippen molar-refractivity contribution >= 4 is 29.9 Å². The van der Waals surface area contributed by atoms with Crippen LogP contribution in [0.25, 0.3) is 0 Å². The summed E-state index contributed by atoms with van der Waals surface area (Å²) in [6.45, 7) is 4.98. The van der Waals surface area contributed by atoms with E-state index in [4.69, 9.17) is 0 Å². The molecule has 1 aromatic heterocycles. The number of nitrogens with one attached hydrogen (secondary N) is 2. The summed E-state index contributed by atoms with van der Waals surface area (Å²) in [5.74, 6) is 1.42. The molecule has 1 unspecified atom stereocenters. The average Bonchev–Trinajstić information content (AvgIpc) is 3.07. The molecule has 0 fully saturated rings. The van der Waals surface area contributed by atoms with Crippen LogP contribution in [0, 0.1) is 0 Å². The van der Waals surface area contributed by atoms with E-state index < -0.39 is 0 Å². The van der Waals surface area contributed by atoms with Crippen LogP contribution in [-0.4, -0.2) is 30.7 Å². The molecule has 2 N–H and O–H groups in total. The summed E-state index contributed by atoms with van der Waals surface area (Å²) >= 11 is 0. The van der Waals surface area contributed by atoms with Crippen LogP contribution in [-0.2, 0) is 6.54 Å². The fraction of sp³-hybridized carbons (Fsp3) is 0.389. The Labute approximate surface area is 156 Å². The molecule has 1 aromatic carbocycles. The molecule has 126 valence electrons. The summed E-state index contributed by atoms with van der Waals surface area (Å²) in [5, 5.41) is 6.72. The molecule has 0 aliphatic heterocycles. The predicted octanol–water partition coefficient (Wildman–Crippen LogP) is 3.46. The quantitative estimate of drug-likeness (QED) is 0.405. The van der Waals surface area contributed by atoms with Gasteiger partial charge in [-0.2, -0.15) is 0 Å². The molecule has 0 amide bonds. The second kappa shape index (κ2) is 11.1. The molecule has 0 saturated carbocycles. The van der Waals surface area contributed by atoms with Crippen molar-refractivity contribution in [3.63, 3.8) is 0 Å². The third-order valence-corrected chi connectivity index (χ3v) is 3.79. The van der Waals surface area contributed by atoms with Gasteiger partial charge in [0.1, 0.15) is 0 Å². The van der Waals surface area contributed by atoms with Crippen molar-refractivity contribution in [1.82, 2.24) is 15.2 Å². The number of rotatable bonds is 7. The maximum atomic E-state index is 4.26. The van der Waals surface area contributed by atoms with E-state index in [0.29, 0.717) is 5.92 Å². The van der Waals surface area contributed by atoms with Gasteiger partial charge in [-0.3, -0.25) is 4.99 Å². The smallest absolute Gasteiger partial charge is 0.191 e. The standard InChI is InChI=1S/C18H26N4.HI/c1-16(17-8-4-3-5-9-17)10-11-20-18(19-2)21-12-15-22-13-6-7-14-22;/h3-9,13-14,16H,10-12,15H2,1-2H3,(H2,19,20,21);1H. The molecular weight excluding hydrogens is 399 g/mol. The van der Waals surface area contributed by atoms with E-state index in [2.05, 4.69) is 69.8 Å². The fourth-order valence-electron chi connectivity index (χ4n) is 2.40. The minimum atomic E-state index is 0. The number of aliphatic imine (C=N–C) groups is 1. The zero-order chi connectivity index (χ0) is 15.6. The van der Waals surface area contributed by atoms with Crippen molar-refractivity contribution in [2.45, 2.75) is 25.8 Å². The SMILES string of the molecule is CN=C(NCCC(C)c1ccccc1)NCCn1cccc1.I. The largest absolute Gasteiger partial charge is 0.356 e. The Kier molecular flexibility index (Phi) is 9.43. The zero-order valence-electron chi connectivity index (χ0n) is 13.9. The van der Waals surface area contributed by atoms with Crippen LogP contribution in [0.4, 0.5) is 0 Å². The lowest BCUT2D eigenvalue weighted by Gasteiger charge is -2.15. The van der Waals surface area contributed by atoms with Gasteiger partial charge in [0.15, 0.2) is 5.96 Å². The molecule has 0 aliphatic carbocycles. The molecule has 2 rings (SSSR count). The van der Waals surface area contributed by atoms with Gasteiger partial charge in [0, 0.05) is 39.1 Å². The number of halogens is 1. The topological polar surface area (TPSA) is 41.4 Å². The van der Waals surface area contributed by atoms with E-state index in [0.717, 1.165) is 32.0 Å². The molecule has 23 heavy (non-hydrogen) atoms. The van der Waals surface area contributed by atoms with Crippen molar-refractivity contribution in [3.8, 4) is 0 Å². The first-order chi connectivity index (χ1) is 10.8. The number of guanidine groups is 1. The summed E-state index contributed by atoms with van der Waals surface area (Å²) in [4.78, 5) is 4.26.